The van der Waals surface area contributed by atoms with Crippen molar-refractivity contribution in [2.45, 2.75) is 20.3 Å². The molecule has 1 unspecified atom stereocenters. The lowest BCUT2D eigenvalue weighted by atomic mass is 10.1. The number of carboxylic acids is 1. The van der Waals surface area contributed by atoms with E-state index in [-0.39, 0.29) is 5.69 Å². The van der Waals surface area contributed by atoms with E-state index in [1.54, 1.807) is 10.6 Å². The van der Waals surface area contributed by atoms with E-state index in [9.17, 15) is 9.90 Å². The molecule has 0 aliphatic rings. The summed E-state index contributed by atoms with van der Waals surface area (Å²) < 4.78 is 1.63. The standard InChI is InChI=1S/C12H17N3O2S/c1-4-8(2)7-14(3)10-9(11(16)17)15-5-6-18-12(15)13-10/h5-6,8H,4,7H2,1-3H3,(H,16,17). The molecule has 18 heavy (non-hydrogen) atoms. The highest BCUT2D eigenvalue weighted by Crippen LogP contribution is 2.24. The zero-order chi connectivity index (χ0) is 13.3. The molecule has 0 bridgehead atoms. The van der Waals surface area contributed by atoms with Gasteiger partial charge in [0.15, 0.2) is 16.5 Å². The lowest BCUT2D eigenvalue weighted by Crippen LogP contribution is -2.25. The molecule has 1 atom stereocenters. The number of rotatable bonds is 5. The van der Waals surface area contributed by atoms with E-state index in [2.05, 4.69) is 18.8 Å². The van der Waals surface area contributed by atoms with Gasteiger partial charge in [0.2, 0.25) is 0 Å². The Balaban J connectivity index is 2.40. The Labute approximate surface area is 110 Å². The lowest BCUT2D eigenvalue weighted by molar-refractivity contribution is 0.0690. The molecule has 0 saturated heterocycles. The number of hydrogen-bond donors (Lipinski definition) is 1. The van der Waals surface area contributed by atoms with Crippen LogP contribution in [-0.2, 0) is 0 Å². The maximum atomic E-state index is 11.4. The fraction of sp³-hybridized carbons (Fsp3) is 0.500. The number of aromatic nitrogens is 2. The van der Waals surface area contributed by atoms with Crippen LogP contribution in [0.5, 0.6) is 0 Å². The molecule has 0 spiro atoms. The molecule has 2 aromatic heterocycles. The van der Waals surface area contributed by atoms with Crippen molar-refractivity contribution < 1.29 is 9.90 Å². The topological polar surface area (TPSA) is 57.8 Å². The SMILES string of the molecule is CCC(C)CN(C)c1nc2sccn2c1C(=O)O. The number of fused-ring (bicyclic) bond motifs is 1. The Bertz CT molecular complexity index is 561. The molecule has 0 amide bonds. The van der Waals surface area contributed by atoms with Crippen LogP contribution in [0.3, 0.4) is 0 Å². The Morgan fingerprint density at radius 1 is 1.67 bits per heavy atom. The van der Waals surface area contributed by atoms with Gasteiger partial charge in [0.25, 0.3) is 0 Å². The molecule has 0 aliphatic heterocycles. The van der Waals surface area contributed by atoms with Gasteiger partial charge in [-0.2, -0.15) is 0 Å². The number of imidazole rings is 1. The van der Waals surface area contributed by atoms with E-state index in [4.69, 9.17) is 0 Å². The second kappa shape index (κ2) is 4.97. The van der Waals surface area contributed by atoms with Crippen LogP contribution in [0.25, 0.3) is 4.96 Å². The predicted molar refractivity (Wildman–Crippen MR) is 72.8 cm³/mol. The Morgan fingerprint density at radius 3 is 3.00 bits per heavy atom. The molecular formula is C12H17N3O2S. The summed E-state index contributed by atoms with van der Waals surface area (Å²) in [4.78, 5) is 18.4. The lowest BCUT2D eigenvalue weighted by Gasteiger charge is -2.20. The highest BCUT2D eigenvalue weighted by molar-refractivity contribution is 7.15. The van der Waals surface area contributed by atoms with Crippen LogP contribution >= 0.6 is 11.3 Å². The molecule has 2 rings (SSSR count). The summed E-state index contributed by atoms with van der Waals surface area (Å²) in [6.07, 6.45) is 2.81. The number of nitrogens with zero attached hydrogens (tertiary/aromatic N) is 3. The first-order valence-electron chi connectivity index (χ1n) is 5.94. The minimum absolute atomic E-state index is 0.247. The van der Waals surface area contributed by atoms with Crippen molar-refractivity contribution >= 4 is 28.1 Å². The van der Waals surface area contributed by atoms with Crippen molar-refractivity contribution in [2.75, 3.05) is 18.5 Å². The third-order valence-electron chi connectivity index (χ3n) is 3.09. The van der Waals surface area contributed by atoms with Crippen LogP contribution in [0.15, 0.2) is 11.6 Å². The minimum Gasteiger partial charge on any atom is -0.476 e. The molecule has 98 valence electrons. The van der Waals surface area contributed by atoms with Gasteiger partial charge in [-0.1, -0.05) is 20.3 Å². The van der Waals surface area contributed by atoms with Crippen molar-refractivity contribution in [2.24, 2.45) is 5.92 Å². The van der Waals surface area contributed by atoms with E-state index < -0.39 is 5.97 Å². The van der Waals surface area contributed by atoms with Gasteiger partial charge in [0, 0.05) is 25.2 Å². The summed E-state index contributed by atoms with van der Waals surface area (Å²) in [7, 11) is 1.89. The number of thiazole rings is 1. The van der Waals surface area contributed by atoms with Gasteiger partial charge >= 0.3 is 5.97 Å². The number of hydrogen-bond acceptors (Lipinski definition) is 4. The number of aromatic carboxylic acids is 1. The minimum atomic E-state index is -0.938. The van der Waals surface area contributed by atoms with Gasteiger partial charge in [0.1, 0.15) is 0 Å². The van der Waals surface area contributed by atoms with Crippen LogP contribution < -0.4 is 4.90 Å². The van der Waals surface area contributed by atoms with Gasteiger partial charge in [-0.15, -0.1) is 11.3 Å². The molecule has 0 fully saturated rings. The summed E-state index contributed by atoms with van der Waals surface area (Å²) in [5.41, 5.74) is 0.247. The summed E-state index contributed by atoms with van der Waals surface area (Å²) in [6, 6.07) is 0. The van der Waals surface area contributed by atoms with E-state index in [1.807, 2.05) is 17.3 Å². The number of anilines is 1. The summed E-state index contributed by atoms with van der Waals surface area (Å²) in [5.74, 6) is 0.123. The Hall–Kier alpha value is -1.56. The molecule has 6 heteroatoms. The molecule has 2 heterocycles. The van der Waals surface area contributed by atoms with E-state index in [1.165, 1.54) is 11.3 Å². The zero-order valence-corrected chi connectivity index (χ0v) is 11.6. The molecule has 1 N–H and O–H groups in total. The van der Waals surface area contributed by atoms with E-state index in [0.717, 1.165) is 17.9 Å². The molecule has 0 aliphatic carbocycles. The first-order valence-corrected chi connectivity index (χ1v) is 6.82. The van der Waals surface area contributed by atoms with Crippen LogP contribution in [0.4, 0.5) is 5.82 Å². The normalized spacial score (nSPS) is 12.8. The smallest absolute Gasteiger partial charge is 0.356 e. The monoisotopic (exact) mass is 267 g/mol. The van der Waals surface area contributed by atoms with Gasteiger partial charge in [-0.3, -0.25) is 4.40 Å². The average Bonchev–Trinajstić information content (AvgIpc) is 2.86. The van der Waals surface area contributed by atoms with Gasteiger partial charge in [-0.25, -0.2) is 9.78 Å². The first kappa shape index (κ1) is 12.9. The Kier molecular flexibility index (Phi) is 3.56. The summed E-state index contributed by atoms with van der Waals surface area (Å²) in [5, 5.41) is 11.2. The first-order chi connectivity index (χ1) is 8.54. The third kappa shape index (κ3) is 2.20. The summed E-state index contributed by atoms with van der Waals surface area (Å²) >= 11 is 1.44. The van der Waals surface area contributed by atoms with E-state index in [0.29, 0.717) is 11.7 Å². The van der Waals surface area contributed by atoms with Crippen LogP contribution in [0.2, 0.25) is 0 Å². The highest BCUT2D eigenvalue weighted by atomic mass is 32.1. The fourth-order valence-corrected chi connectivity index (χ4v) is 2.63. The molecule has 0 saturated carbocycles. The highest BCUT2D eigenvalue weighted by Gasteiger charge is 2.22. The van der Waals surface area contributed by atoms with E-state index >= 15 is 0 Å². The molecule has 0 radical (unpaired) electrons. The van der Waals surface area contributed by atoms with Gasteiger partial charge < -0.3 is 10.0 Å². The number of carbonyl (C=O) groups is 1. The van der Waals surface area contributed by atoms with Crippen molar-refractivity contribution in [3.05, 3.63) is 17.3 Å². The largest absolute Gasteiger partial charge is 0.476 e. The van der Waals surface area contributed by atoms with Crippen LogP contribution in [0, 0.1) is 5.92 Å². The van der Waals surface area contributed by atoms with Crippen LogP contribution in [-0.4, -0.2) is 34.1 Å². The second-order valence-electron chi connectivity index (χ2n) is 4.54. The van der Waals surface area contributed by atoms with Crippen LogP contribution in [0.1, 0.15) is 30.8 Å². The quantitative estimate of drug-likeness (QED) is 0.904. The van der Waals surface area contributed by atoms with Crippen molar-refractivity contribution in [1.29, 1.82) is 0 Å². The predicted octanol–water partition coefficient (Wildman–Crippen LogP) is 2.58. The molecule has 0 aromatic carbocycles. The second-order valence-corrected chi connectivity index (χ2v) is 5.41. The fourth-order valence-electron chi connectivity index (χ4n) is 1.92. The van der Waals surface area contributed by atoms with Crippen molar-refractivity contribution in [3.63, 3.8) is 0 Å². The molecular weight excluding hydrogens is 250 g/mol. The number of carboxylic acid groups (broad SMARTS) is 1. The third-order valence-corrected chi connectivity index (χ3v) is 3.85. The van der Waals surface area contributed by atoms with Crippen molar-refractivity contribution in [3.8, 4) is 0 Å². The maximum absolute atomic E-state index is 11.4. The van der Waals surface area contributed by atoms with Gasteiger partial charge in [0.05, 0.1) is 0 Å². The van der Waals surface area contributed by atoms with Crippen molar-refractivity contribution in [1.82, 2.24) is 9.38 Å². The zero-order valence-electron chi connectivity index (χ0n) is 10.8. The molecule has 5 nitrogen and oxygen atoms in total. The summed E-state index contributed by atoms with van der Waals surface area (Å²) in [6.45, 7) is 5.08. The van der Waals surface area contributed by atoms with Gasteiger partial charge in [-0.05, 0) is 5.92 Å². The maximum Gasteiger partial charge on any atom is 0.356 e. The molecule has 2 aromatic rings. The average molecular weight is 267 g/mol. The Morgan fingerprint density at radius 2 is 2.39 bits per heavy atom.